The second-order valence-electron chi connectivity index (χ2n) is 5.25. The van der Waals surface area contributed by atoms with Crippen LogP contribution in [0.2, 0.25) is 0 Å². The van der Waals surface area contributed by atoms with Crippen molar-refractivity contribution in [3.05, 3.63) is 52.3 Å². The molecule has 2 aromatic rings. The third-order valence-corrected chi connectivity index (χ3v) is 3.87. The lowest BCUT2D eigenvalue weighted by Gasteiger charge is -2.26. The zero-order chi connectivity index (χ0) is 16.4. The first-order valence-corrected chi connectivity index (χ1v) is 7.23. The molecule has 3 rings (SSSR count). The van der Waals surface area contributed by atoms with Crippen LogP contribution in [-0.2, 0) is 7.05 Å². The number of ether oxygens (including phenoxy) is 1. The number of aromatic nitrogens is 2. The van der Waals surface area contributed by atoms with E-state index in [9.17, 15) is 9.59 Å². The molecule has 3 heterocycles. The van der Waals surface area contributed by atoms with Crippen LogP contribution in [0.4, 0.5) is 0 Å². The molecular formula is C16H17N3O4. The highest BCUT2D eigenvalue weighted by atomic mass is 16.5. The monoisotopic (exact) mass is 315 g/mol. The van der Waals surface area contributed by atoms with Gasteiger partial charge in [-0.05, 0) is 18.1 Å². The number of carbonyl (C=O) groups is 1. The average Bonchev–Trinajstić information content (AvgIpc) is 3.00. The van der Waals surface area contributed by atoms with Gasteiger partial charge < -0.3 is 14.1 Å². The Hall–Kier alpha value is -2.83. The van der Waals surface area contributed by atoms with Gasteiger partial charge in [-0.3, -0.25) is 14.3 Å². The molecule has 0 aromatic carbocycles. The van der Waals surface area contributed by atoms with Gasteiger partial charge in [0.1, 0.15) is 6.26 Å². The van der Waals surface area contributed by atoms with Crippen LogP contribution in [0.15, 0.2) is 39.9 Å². The second kappa shape index (κ2) is 6.12. The summed E-state index contributed by atoms with van der Waals surface area (Å²) in [7, 11) is 3.27. The fourth-order valence-corrected chi connectivity index (χ4v) is 2.59. The SMILES string of the molecule is COc1coc(C(=O)N2CC=C(c3ccnn3C)CC2)cc1=O. The minimum Gasteiger partial charge on any atom is -0.490 e. The predicted molar refractivity (Wildman–Crippen MR) is 83.2 cm³/mol. The average molecular weight is 315 g/mol. The first-order chi connectivity index (χ1) is 11.1. The van der Waals surface area contributed by atoms with Gasteiger partial charge in [-0.15, -0.1) is 0 Å². The quantitative estimate of drug-likeness (QED) is 0.853. The molecule has 120 valence electrons. The van der Waals surface area contributed by atoms with E-state index in [0.717, 1.165) is 24.0 Å². The molecule has 1 aliphatic heterocycles. The third kappa shape index (κ3) is 2.90. The van der Waals surface area contributed by atoms with Crippen molar-refractivity contribution in [1.82, 2.24) is 14.7 Å². The number of rotatable bonds is 3. The van der Waals surface area contributed by atoms with Crippen molar-refractivity contribution in [3.8, 4) is 5.75 Å². The largest absolute Gasteiger partial charge is 0.490 e. The molecule has 0 aliphatic carbocycles. The number of hydrogen-bond acceptors (Lipinski definition) is 5. The number of aryl methyl sites for hydroxylation is 1. The van der Waals surface area contributed by atoms with Gasteiger partial charge in [0.25, 0.3) is 5.91 Å². The van der Waals surface area contributed by atoms with Crippen molar-refractivity contribution in [2.75, 3.05) is 20.2 Å². The molecule has 0 atom stereocenters. The van der Waals surface area contributed by atoms with Crippen LogP contribution >= 0.6 is 0 Å². The number of nitrogens with zero attached hydrogens (tertiary/aromatic N) is 3. The highest BCUT2D eigenvalue weighted by molar-refractivity contribution is 5.92. The molecule has 7 nitrogen and oxygen atoms in total. The molecule has 23 heavy (non-hydrogen) atoms. The van der Waals surface area contributed by atoms with Gasteiger partial charge in [0.05, 0.1) is 12.8 Å². The molecule has 0 spiro atoms. The fraction of sp³-hybridized carbons (Fsp3) is 0.312. The summed E-state index contributed by atoms with van der Waals surface area (Å²) >= 11 is 0. The maximum Gasteiger partial charge on any atom is 0.289 e. The van der Waals surface area contributed by atoms with Crippen LogP contribution < -0.4 is 10.2 Å². The summed E-state index contributed by atoms with van der Waals surface area (Å²) in [5, 5.41) is 4.15. The minimum atomic E-state index is -0.370. The van der Waals surface area contributed by atoms with Crippen molar-refractivity contribution < 1.29 is 13.9 Å². The first-order valence-electron chi connectivity index (χ1n) is 7.23. The summed E-state index contributed by atoms with van der Waals surface area (Å²) < 4.78 is 11.9. The van der Waals surface area contributed by atoms with Crippen molar-refractivity contribution in [2.45, 2.75) is 6.42 Å². The fourth-order valence-electron chi connectivity index (χ4n) is 2.59. The molecule has 0 unspecified atom stereocenters. The van der Waals surface area contributed by atoms with Crippen LogP contribution in [0, 0.1) is 0 Å². The second-order valence-corrected chi connectivity index (χ2v) is 5.25. The molecule has 0 saturated carbocycles. The Kier molecular flexibility index (Phi) is 4.01. The highest BCUT2D eigenvalue weighted by Crippen LogP contribution is 2.22. The van der Waals surface area contributed by atoms with Crippen molar-refractivity contribution in [1.29, 1.82) is 0 Å². The summed E-state index contributed by atoms with van der Waals surface area (Å²) in [4.78, 5) is 25.8. The molecular weight excluding hydrogens is 298 g/mol. The van der Waals surface area contributed by atoms with Crippen LogP contribution in [0.5, 0.6) is 5.75 Å². The summed E-state index contributed by atoms with van der Waals surface area (Å²) in [6.45, 7) is 1.03. The summed E-state index contributed by atoms with van der Waals surface area (Å²) in [5.74, 6) is -0.197. The molecule has 2 aromatic heterocycles. The minimum absolute atomic E-state index is 0.0215. The van der Waals surface area contributed by atoms with Crippen LogP contribution in [0.25, 0.3) is 5.57 Å². The Labute approximate surface area is 132 Å². The van der Waals surface area contributed by atoms with E-state index in [2.05, 4.69) is 5.10 Å². The van der Waals surface area contributed by atoms with Crippen molar-refractivity contribution in [2.24, 2.45) is 7.05 Å². The van der Waals surface area contributed by atoms with E-state index in [1.54, 1.807) is 11.1 Å². The maximum absolute atomic E-state index is 12.4. The first kappa shape index (κ1) is 15.1. The van der Waals surface area contributed by atoms with Gasteiger partial charge in [0.2, 0.25) is 11.2 Å². The van der Waals surface area contributed by atoms with Gasteiger partial charge in [0.15, 0.2) is 5.76 Å². The standard InChI is InChI=1S/C16H17N3O4/c1-18-12(3-6-17-18)11-4-7-19(8-5-11)16(21)14-9-13(20)15(22-2)10-23-14/h3-4,6,9-10H,5,7-8H2,1-2H3. The van der Waals surface area contributed by atoms with E-state index in [-0.39, 0.29) is 22.8 Å². The normalized spacial score (nSPS) is 14.5. The van der Waals surface area contributed by atoms with Crippen LogP contribution in [0.3, 0.4) is 0 Å². The van der Waals surface area contributed by atoms with Gasteiger partial charge in [0, 0.05) is 32.4 Å². The van der Waals surface area contributed by atoms with E-state index in [1.165, 1.54) is 13.2 Å². The molecule has 7 heteroatoms. The lowest BCUT2D eigenvalue weighted by Crippen LogP contribution is -2.35. The van der Waals surface area contributed by atoms with Crippen molar-refractivity contribution in [3.63, 3.8) is 0 Å². The zero-order valence-electron chi connectivity index (χ0n) is 13.0. The molecule has 0 N–H and O–H groups in total. The van der Waals surface area contributed by atoms with Crippen molar-refractivity contribution >= 4 is 11.5 Å². The summed E-state index contributed by atoms with van der Waals surface area (Å²) in [6, 6.07) is 3.12. The Balaban J connectivity index is 1.76. The van der Waals surface area contributed by atoms with Crippen LogP contribution in [0.1, 0.15) is 22.7 Å². The maximum atomic E-state index is 12.4. The summed E-state index contributed by atoms with van der Waals surface area (Å²) in [5.41, 5.74) is 1.84. The van der Waals surface area contributed by atoms with Gasteiger partial charge >= 0.3 is 0 Å². The molecule has 0 fully saturated rings. The Morgan fingerprint density at radius 1 is 1.43 bits per heavy atom. The van der Waals surface area contributed by atoms with Crippen LogP contribution in [-0.4, -0.2) is 40.8 Å². The topological polar surface area (TPSA) is 77.6 Å². The number of hydrogen-bond donors (Lipinski definition) is 0. The number of methoxy groups -OCH3 is 1. The van der Waals surface area contributed by atoms with Gasteiger partial charge in [-0.1, -0.05) is 6.08 Å². The lowest BCUT2D eigenvalue weighted by atomic mass is 10.0. The molecule has 0 bridgehead atoms. The zero-order valence-corrected chi connectivity index (χ0v) is 13.0. The Morgan fingerprint density at radius 3 is 2.83 bits per heavy atom. The number of amides is 1. The molecule has 0 saturated heterocycles. The van der Waals surface area contributed by atoms with Gasteiger partial charge in [-0.2, -0.15) is 5.10 Å². The van der Waals surface area contributed by atoms with E-state index in [0.29, 0.717) is 13.1 Å². The molecule has 1 aliphatic rings. The lowest BCUT2D eigenvalue weighted by molar-refractivity contribution is 0.0737. The number of carbonyl (C=O) groups excluding carboxylic acids is 1. The molecule has 1 amide bonds. The highest BCUT2D eigenvalue weighted by Gasteiger charge is 2.22. The molecule has 0 radical (unpaired) electrons. The smallest absolute Gasteiger partial charge is 0.289 e. The van der Waals surface area contributed by atoms with Gasteiger partial charge in [-0.25, -0.2) is 0 Å². The van der Waals surface area contributed by atoms with E-state index in [4.69, 9.17) is 9.15 Å². The van der Waals surface area contributed by atoms with E-state index < -0.39 is 0 Å². The summed E-state index contributed by atoms with van der Waals surface area (Å²) in [6.07, 6.45) is 5.64. The third-order valence-electron chi connectivity index (χ3n) is 3.87. The Bertz CT molecular complexity index is 819. The van der Waals surface area contributed by atoms with E-state index in [1.807, 2.05) is 23.9 Å². The predicted octanol–water partition coefficient (Wildman–Crippen LogP) is 1.31. The Morgan fingerprint density at radius 2 is 2.26 bits per heavy atom. The van der Waals surface area contributed by atoms with E-state index >= 15 is 0 Å².